The van der Waals surface area contributed by atoms with Gasteiger partial charge in [-0.2, -0.15) is 0 Å². The molecule has 4 nitrogen and oxygen atoms in total. The Bertz CT molecular complexity index is 1060. The van der Waals surface area contributed by atoms with E-state index in [1.807, 2.05) is 55.5 Å². The number of aryl methyl sites for hydroxylation is 1. The first-order chi connectivity index (χ1) is 14.6. The van der Waals surface area contributed by atoms with Crippen LogP contribution in [-0.4, -0.2) is 18.2 Å². The molecule has 1 aliphatic heterocycles. The topological polar surface area (TPSA) is 49.4 Å². The number of fused-ring (bicyclic) bond motifs is 1. The molecule has 3 aromatic carbocycles. The second-order valence-electron chi connectivity index (χ2n) is 7.79. The fraction of sp³-hybridized carbons (Fsp3) is 0.231. The van der Waals surface area contributed by atoms with Crippen LogP contribution in [0.2, 0.25) is 0 Å². The molecule has 0 bridgehead atoms. The minimum absolute atomic E-state index is 0.00731. The molecule has 0 fully saturated rings. The van der Waals surface area contributed by atoms with Crippen molar-refractivity contribution in [3.05, 3.63) is 95.1 Å². The Morgan fingerprint density at radius 1 is 0.900 bits per heavy atom. The van der Waals surface area contributed by atoms with Crippen molar-refractivity contribution in [1.82, 2.24) is 0 Å². The van der Waals surface area contributed by atoms with E-state index in [1.54, 1.807) is 0 Å². The predicted octanol–water partition coefficient (Wildman–Crippen LogP) is 5.16. The number of nitrogens with zero attached hydrogens (tertiary/aromatic N) is 1. The van der Waals surface area contributed by atoms with Gasteiger partial charge in [0.2, 0.25) is 5.91 Å². The van der Waals surface area contributed by atoms with Gasteiger partial charge in [-0.05, 0) is 36.6 Å². The molecule has 1 aliphatic rings. The molecule has 0 unspecified atom stereocenters. The average molecular weight is 399 g/mol. The van der Waals surface area contributed by atoms with E-state index in [1.165, 1.54) is 11.3 Å². The maximum Gasteiger partial charge on any atom is 0.224 e. The number of anilines is 2. The van der Waals surface area contributed by atoms with Gasteiger partial charge in [-0.3, -0.25) is 9.59 Å². The molecule has 1 N–H and O–H groups in total. The van der Waals surface area contributed by atoms with Gasteiger partial charge >= 0.3 is 0 Å². The van der Waals surface area contributed by atoms with Crippen molar-refractivity contribution in [2.75, 3.05) is 16.8 Å². The summed E-state index contributed by atoms with van der Waals surface area (Å²) in [5.41, 5.74) is 6.29. The second kappa shape index (κ2) is 8.95. The number of rotatable bonds is 7. The summed E-state index contributed by atoms with van der Waals surface area (Å²) in [5.74, 6) is -0.142. The van der Waals surface area contributed by atoms with Crippen LogP contribution in [0.15, 0.2) is 72.8 Å². The van der Waals surface area contributed by atoms with E-state index >= 15 is 0 Å². The van der Waals surface area contributed by atoms with Crippen molar-refractivity contribution in [3.63, 3.8) is 0 Å². The number of hydrogen-bond acceptors (Lipinski definition) is 3. The Kier molecular flexibility index (Phi) is 5.94. The van der Waals surface area contributed by atoms with Gasteiger partial charge in [0.25, 0.3) is 0 Å². The van der Waals surface area contributed by atoms with E-state index < -0.39 is 0 Å². The van der Waals surface area contributed by atoms with E-state index in [-0.39, 0.29) is 24.5 Å². The molecule has 0 atom stereocenters. The van der Waals surface area contributed by atoms with Crippen LogP contribution in [0.5, 0.6) is 0 Å². The quantitative estimate of drug-likeness (QED) is 0.559. The summed E-state index contributed by atoms with van der Waals surface area (Å²) in [6, 6.07) is 23.8. The third-order valence-corrected chi connectivity index (χ3v) is 5.59. The molecule has 30 heavy (non-hydrogen) atoms. The van der Waals surface area contributed by atoms with Crippen LogP contribution in [0.1, 0.15) is 39.9 Å². The lowest BCUT2D eigenvalue weighted by Gasteiger charge is -2.21. The monoisotopic (exact) mass is 398 g/mol. The number of hydrogen-bond donors (Lipinski definition) is 1. The van der Waals surface area contributed by atoms with Crippen LogP contribution in [0.25, 0.3) is 0 Å². The fourth-order valence-electron chi connectivity index (χ4n) is 3.88. The van der Waals surface area contributed by atoms with E-state index in [9.17, 15) is 9.59 Å². The minimum atomic E-state index is -0.135. The average Bonchev–Trinajstić information content (AvgIpc) is 3.17. The number of carbonyl (C=O) groups is 2. The molecule has 0 aromatic heterocycles. The normalized spacial score (nSPS) is 12.5. The zero-order valence-corrected chi connectivity index (χ0v) is 17.2. The molecule has 152 valence electrons. The van der Waals surface area contributed by atoms with E-state index in [0.717, 1.165) is 36.3 Å². The maximum absolute atomic E-state index is 12.5. The molecular formula is C26H26N2O2. The second-order valence-corrected chi connectivity index (χ2v) is 7.79. The summed E-state index contributed by atoms with van der Waals surface area (Å²) in [5, 5.41) is 3.01. The first-order valence-electron chi connectivity index (χ1n) is 10.4. The summed E-state index contributed by atoms with van der Waals surface area (Å²) in [6.07, 6.45) is 1.43. The van der Waals surface area contributed by atoms with Gasteiger partial charge in [0.05, 0.1) is 0 Å². The summed E-state index contributed by atoms with van der Waals surface area (Å²) < 4.78 is 0. The number of ketones is 1. The van der Waals surface area contributed by atoms with Gasteiger partial charge in [0, 0.05) is 42.9 Å². The van der Waals surface area contributed by atoms with Gasteiger partial charge in [0.15, 0.2) is 5.78 Å². The number of para-hydroxylation sites is 2. The number of nitrogens with one attached hydrogen (secondary N) is 1. The lowest BCUT2D eigenvalue weighted by Crippen LogP contribution is -2.21. The third-order valence-electron chi connectivity index (χ3n) is 5.59. The van der Waals surface area contributed by atoms with Crippen molar-refractivity contribution in [3.8, 4) is 0 Å². The van der Waals surface area contributed by atoms with Crippen molar-refractivity contribution >= 4 is 23.1 Å². The highest BCUT2D eigenvalue weighted by molar-refractivity contribution is 6.00. The molecule has 0 radical (unpaired) electrons. The first-order valence-corrected chi connectivity index (χ1v) is 10.4. The molecule has 0 saturated carbocycles. The van der Waals surface area contributed by atoms with Gasteiger partial charge in [-0.25, -0.2) is 0 Å². The van der Waals surface area contributed by atoms with Crippen LogP contribution in [0.3, 0.4) is 0 Å². The van der Waals surface area contributed by atoms with Gasteiger partial charge < -0.3 is 10.2 Å². The van der Waals surface area contributed by atoms with E-state index in [2.05, 4.69) is 34.5 Å². The van der Waals surface area contributed by atoms with Crippen LogP contribution in [0, 0.1) is 6.92 Å². The Morgan fingerprint density at radius 3 is 2.47 bits per heavy atom. The van der Waals surface area contributed by atoms with Crippen LogP contribution in [-0.2, 0) is 17.8 Å². The molecule has 0 saturated heterocycles. The summed E-state index contributed by atoms with van der Waals surface area (Å²) >= 11 is 0. The van der Waals surface area contributed by atoms with Crippen molar-refractivity contribution in [2.24, 2.45) is 0 Å². The predicted molar refractivity (Wildman–Crippen MR) is 121 cm³/mol. The zero-order chi connectivity index (χ0) is 20.9. The van der Waals surface area contributed by atoms with Crippen LogP contribution in [0.4, 0.5) is 11.4 Å². The molecular weight excluding hydrogens is 372 g/mol. The number of benzene rings is 3. The Balaban J connectivity index is 1.37. The highest BCUT2D eigenvalue weighted by Gasteiger charge is 2.19. The molecule has 4 heteroatoms. The SMILES string of the molecule is Cc1ccc(C(=O)CCC(=O)Nc2ccccc2CN2CCc3ccccc32)cc1. The summed E-state index contributed by atoms with van der Waals surface area (Å²) in [6.45, 7) is 3.71. The van der Waals surface area contributed by atoms with Crippen molar-refractivity contribution in [2.45, 2.75) is 32.7 Å². The third kappa shape index (κ3) is 4.60. The number of Topliss-reactive ketones (excluding diaryl/α,β-unsaturated/α-hetero) is 1. The molecule has 0 aliphatic carbocycles. The Labute approximate surface area is 177 Å². The maximum atomic E-state index is 12.5. The molecule has 3 aromatic rings. The Hall–Kier alpha value is -3.40. The van der Waals surface area contributed by atoms with Crippen LogP contribution < -0.4 is 10.2 Å². The van der Waals surface area contributed by atoms with E-state index in [4.69, 9.17) is 0 Å². The Morgan fingerprint density at radius 2 is 1.63 bits per heavy atom. The van der Waals surface area contributed by atoms with Crippen LogP contribution >= 0.6 is 0 Å². The molecule has 0 spiro atoms. The minimum Gasteiger partial charge on any atom is -0.367 e. The fourth-order valence-corrected chi connectivity index (χ4v) is 3.88. The first kappa shape index (κ1) is 19.9. The molecule has 4 rings (SSSR count). The van der Waals surface area contributed by atoms with Gasteiger partial charge in [0.1, 0.15) is 0 Å². The number of carbonyl (C=O) groups excluding carboxylic acids is 2. The highest BCUT2D eigenvalue weighted by Crippen LogP contribution is 2.30. The standard InChI is InChI=1S/C26H26N2O2/c1-19-10-12-21(13-11-19)25(29)14-15-26(30)27-23-8-4-2-7-22(23)18-28-17-16-20-6-3-5-9-24(20)28/h2-13H,14-18H2,1H3,(H,27,30). The number of amides is 1. The van der Waals surface area contributed by atoms with Crippen molar-refractivity contribution in [1.29, 1.82) is 0 Å². The van der Waals surface area contributed by atoms with Gasteiger partial charge in [-0.15, -0.1) is 0 Å². The lowest BCUT2D eigenvalue weighted by atomic mass is 10.0. The lowest BCUT2D eigenvalue weighted by molar-refractivity contribution is -0.116. The van der Waals surface area contributed by atoms with Crippen molar-refractivity contribution < 1.29 is 9.59 Å². The summed E-state index contributed by atoms with van der Waals surface area (Å²) in [7, 11) is 0. The van der Waals surface area contributed by atoms with Gasteiger partial charge in [-0.1, -0.05) is 66.2 Å². The zero-order valence-electron chi connectivity index (χ0n) is 17.2. The highest BCUT2D eigenvalue weighted by atomic mass is 16.2. The summed E-state index contributed by atoms with van der Waals surface area (Å²) in [4.78, 5) is 27.2. The largest absolute Gasteiger partial charge is 0.367 e. The van der Waals surface area contributed by atoms with E-state index in [0.29, 0.717) is 5.56 Å². The molecule has 1 amide bonds. The smallest absolute Gasteiger partial charge is 0.224 e. The molecule has 1 heterocycles.